The van der Waals surface area contributed by atoms with Gasteiger partial charge in [-0.05, 0) is 31.5 Å². The van der Waals surface area contributed by atoms with E-state index in [-0.39, 0.29) is 35.7 Å². The fourth-order valence-electron chi connectivity index (χ4n) is 3.17. The van der Waals surface area contributed by atoms with Crippen molar-refractivity contribution >= 4 is 11.9 Å². The number of alkyl halides is 3. The van der Waals surface area contributed by atoms with Crippen LogP contribution < -0.4 is 5.32 Å². The molecule has 0 aliphatic carbocycles. The number of nitrogens with zero attached hydrogens (tertiary/aromatic N) is 4. The van der Waals surface area contributed by atoms with Gasteiger partial charge in [0.1, 0.15) is 11.4 Å². The zero-order chi connectivity index (χ0) is 21.3. The van der Waals surface area contributed by atoms with E-state index in [0.717, 1.165) is 12.1 Å². The molecule has 1 saturated heterocycles. The van der Waals surface area contributed by atoms with E-state index >= 15 is 0 Å². The van der Waals surface area contributed by atoms with Crippen LogP contribution >= 0.6 is 0 Å². The first kappa shape index (κ1) is 20.8. The number of carbonyl (C=O) groups excluding carboxylic acids is 1. The van der Waals surface area contributed by atoms with E-state index in [2.05, 4.69) is 20.5 Å². The molecule has 3 rings (SSSR count). The Morgan fingerprint density at radius 2 is 2.03 bits per heavy atom. The molecule has 3 N–H and O–H groups in total. The molecule has 1 aromatic heterocycles. The second-order valence-electron chi connectivity index (χ2n) is 6.87. The Hall–Kier alpha value is -2.95. The van der Waals surface area contributed by atoms with Gasteiger partial charge >= 0.3 is 6.18 Å². The largest absolute Gasteiger partial charge is 0.507 e. The third-order valence-corrected chi connectivity index (χ3v) is 4.78. The van der Waals surface area contributed by atoms with Crippen LogP contribution in [0.3, 0.4) is 0 Å². The molecular weight excluding hydrogens is 391 g/mol. The summed E-state index contributed by atoms with van der Waals surface area (Å²) in [5.41, 5.74) is -0.403. The van der Waals surface area contributed by atoms with E-state index in [1.54, 1.807) is 11.8 Å². The molecule has 1 aliphatic heterocycles. The number of carbonyl (C=O) groups is 1. The van der Waals surface area contributed by atoms with Crippen LogP contribution in [0, 0.1) is 6.92 Å². The van der Waals surface area contributed by atoms with Gasteiger partial charge in [-0.2, -0.15) is 13.2 Å². The average Bonchev–Trinajstić information content (AvgIpc) is 2.63. The molecule has 0 spiro atoms. The van der Waals surface area contributed by atoms with Gasteiger partial charge in [-0.25, -0.2) is 4.98 Å². The number of β-amino-alcohol motifs (C(OH)–C–C–N with tert-alkyl or cyclic N) is 1. The lowest BCUT2D eigenvalue weighted by Gasteiger charge is -2.35. The highest BCUT2D eigenvalue weighted by molar-refractivity contribution is 5.73. The number of aromatic hydroxyl groups is 1. The van der Waals surface area contributed by atoms with E-state index in [4.69, 9.17) is 0 Å². The Morgan fingerprint density at radius 1 is 1.31 bits per heavy atom. The maximum atomic E-state index is 12.8. The minimum atomic E-state index is -4.57. The number of piperidine rings is 1. The van der Waals surface area contributed by atoms with Gasteiger partial charge in [0.2, 0.25) is 11.9 Å². The molecule has 0 saturated carbocycles. The van der Waals surface area contributed by atoms with Gasteiger partial charge in [-0.3, -0.25) is 4.79 Å². The van der Waals surface area contributed by atoms with Crippen molar-refractivity contribution in [2.24, 2.45) is 0 Å². The predicted molar refractivity (Wildman–Crippen MR) is 97.0 cm³/mol. The number of rotatable bonds is 3. The van der Waals surface area contributed by atoms with Gasteiger partial charge in [0.25, 0.3) is 0 Å². The van der Waals surface area contributed by atoms with E-state index in [1.165, 1.54) is 6.92 Å². The SMILES string of the molecule is CC(=O)N1CC[C@@H](Nc2nnc(-c3ccc(C(F)(F)F)cc3O)c(C)n2)[C@H](O)C1. The lowest BCUT2D eigenvalue weighted by Crippen LogP contribution is -2.51. The number of aromatic nitrogens is 3. The number of anilines is 1. The zero-order valence-corrected chi connectivity index (χ0v) is 15.7. The van der Waals surface area contributed by atoms with Crippen molar-refractivity contribution < 1.29 is 28.2 Å². The van der Waals surface area contributed by atoms with E-state index in [9.17, 15) is 28.2 Å². The van der Waals surface area contributed by atoms with Crippen LogP contribution in [0.2, 0.25) is 0 Å². The Labute approximate surface area is 164 Å². The first-order valence-electron chi connectivity index (χ1n) is 8.88. The molecule has 1 aliphatic rings. The molecule has 0 bridgehead atoms. The molecule has 0 radical (unpaired) electrons. The van der Waals surface area contributed by atoms with Crippen LogP contribution in [0.4, 0.5) is 19.1 Å². The highest BCUT2D eigenvalue weighted by Gasteiger charge is 2.32. The van der Waals surface area contributed by atoms with Crippen LogP contribution in [0.5, 0.6) is 5.75 Å². The summed E-state index contributed by atoms with van der Waals surface area (Å²) in [6.07, 6.45) is -4.89. The molecule has 1 fully saturated rings. The maximum absolute atomic E-state index is 12.8. The minimum absolute atomic E-state index is 0.0804. The summed E-state index contributed by atoms with van der Waals surface area (Å²) in [5.74, 6) is -0.554. The monoisotopic (exact) mass is 411 g/mol. The molecule has 2 heterocycles. The smallest absolute Gasteiger partial charge is 0.416 e. The number of likely N-dealkylation sites (tertiary alicyclic amines) is 1. The van der Waals surface area contributed by atoms with Gasteiger partial charge in [0.05, 0.1) is 23.4 Å². The van der Waals surface area contributed by atoms with Gasteiger partial charge in [0, 0.05) is 25.6 Å². The summed E-state index contributed by atoms with van der Waals surface area (Å²) < 4.78 is 38.3. The first-order valence-corrected chi connectivity index (χ1v) is 8.88. The lowest BCUT2D eigenvalue weighted by atomic mass is 10.0. The third-order valence-electron chi connectivity index (χ3n) is 4.78. The van der Waals surface area contributed by atoms with Crippen molar-refractivity contribution in [3.05, 3.63) is 29.5 Å². The predicted octanol–water partition coefficient (Wildman–Crippen LogP) is 1.97. The molecule has 1 aromatic carbocycles. The summed E-state index contributed by atoms with van der Waals surface area (Å²) in [6, 6.07) is 2.21. The van der Waals surface area contributed by atoms with E-state index in [0.29, 0.717) is 24.7 Å². The van der Waals surface area contributed by atoms with Gasteiger partial charge < -0.3 is 20.4 Å². The number of aryl methyl sites for hydroxylation is 1. The number of aliphatic hydroxyl groups excluding tert-OH is 1. The molecule has 2 atom stereocenters. The minimum Gasteiger partial charge on any atom is -0.507 e. The van der Waals surface area contributed by atoms with Crippen molar-refractivity contribution in [3.63, 3.8) is 0 Å². The second kappa shape index (κ2) is 7.82. The summed E-state index contributed by atoms with van der Waals surface area (Å²) >= 11 is 0. The Morgan fingerprint density at radius 3 is 2.59 bits per heavy atom. The highest BCUT2D eigenvalue weighted by atomic mass is 19.4. The fourth-order valence-corrected chi connectivity index (χ4v) is 3.17. The molecule has 1 amide bonds. The quantitative estimate of drug-likeness (QED) is 0.708. The molecule has 0 unspecified atom stereocenters. The average molecular weight is 411 g/mol. The number of phenols is 1. The van der Waals surface area contributed by atoms with Crippen molar-refractivity contribution in [3.8, 4) is 17.0 Å². The first-order chi connectivity index (χ1) is 13.6. The van der Waals surface area contributed by atoms with Crippen molar-refractivity contribution in [1.29, 1.82) is 0 Å². The molecule has 29 heavy (non-hydrogen) atoms. The Bertz CT molecular complexity index is 922. The summed E-state index contributed by atoms with van der Waals surface area (Å²) in [4.78, 5) is 17.2. The van der Waals surface area contributed by atoms with Gasteiger partial charge in [-0.1, -0.05) is 0 Å². The molecule has 11 heteroatoms. The fraction of sp³-hybridized carbons (Fsp3) is 0.444. The number of halogens is 3. The standard InChI is InChI=1S/C18H20F3N5O3/c1-9-16(12-4-3-11(7-14(12)28)18(19,20)21)24-25-17(22-9)23-13-5-6-26(10(2)27)8-15(13)29/h3-4,7,13,15,28-29H,5-6,8H2,1-2H3,(H,22,23,25)/t13-,15-/m1/s1. The number of hydrogen-bond acceptors (Lipinski definition) is 7. The van der Waals surface area contributed by atoms with E-state index in [1.807, 2.05) is 0 Å². The maximum Gasteiger partial charge on any atom is 0.416 e. The van der Waals surface area contributed by atoms with Crippen LogP contribution in [0.25, 0.3) is 11.3 Å². The summed E-state index contributed by atoms with van der Waals surface area (Å²) in [5, 5.41) is 31.1. The van der Waals surface area contributed by atoms with Gasteiger partial charge in [0.15, 0.2) is 0 Å². The van der Waals surface area contributed by atoms with Crippen molar-refractivity contribution in [1.82, 2.24) is 20.1 Å². The van der Waals surface area contributed by atoms with Crippen LogP contribution in [0.15, 0.2) is 18.2 Å². The molecule has 156 valence electrons. The zero-order valence-electron chi connectivity index (χ0n) is 15.7. The number of nitrogens with one attached hydrogen (secondary N) is 1. The summed E-state index contributed by atoms with van der Waals surface area (Å²) in [7, 11) is 0. The number of aliphatic hydroxyl groups is 1. The van der Waals surface area contributed by atoms with Crippen molar-refractivity contribution in [2.45, 2.75) is 38.6 Å². The topological polar surface area (TPSA) is 111 Å². The molecular formula is C18H20F3N5O3. The lowest BCUT2D eigenvalue weighted by molar-refractivity contribution is -0.137. The summed E-state index contributed by atoms with van der Waals surface area (Å²) in [6.45, 7) is 3.69. The van der Waals surface area contributed by atoms with Crippen LogP contribution in [-0.4, -0.2) is 61.4 Å². The number of amides is 1. The molecule has 8 nitrogen and oxygen atoms in total. The second-order valence-corrected chi connectivity index (χ2v) is 6.87. The highest BCUT2D eigenvalue weighted by Crippen LogP contribution is 2.36. The van der Waals surface area contributed by atoms with Crippen molar-refractivity contribution in [2.75, 3.05) is 18.4 Å². The number of benzene rings is 1. The molecule has 2 aromatic rings. The van der Waals surface area contributed by atoms with Crippen LogP contribution in [0.1, 0.15) is 24.6 Å². The third kappa shape index (κ3) is 4.56. The number of hydrogen-bond donors (Lipinski definition) is 3. The number of phenolic OH excluding ortho intramolecular Hbond substituents is 1. The Kier molecular flexibility index (Phi) is 5.60. The Balaban J connectivity index is 1.77. The normalized spacial score (nSPS) is 19.9. The van der Waals surface area contributed by atoms with Gasteiger partial charge in [-0.15, -0.1) is 10.2 Å². The van der Waals surface area contributed by atoms with Crippen LogP contribution in [-0.2, 0) is 11.0 Å². The van der Waals surface area contributed by atoms with E-state index < -0.39 is 23.6 Å².